The second kappa shape index (κ2) is 41.7. The van der Waals surface area contributed by atoms with Gasteiger partial charge < -0.3 is 53.3 Å². The van der Waals surface area contributed by atoms with E-state index in [1.54, 1.807) is 110 Å². The zero-order chi connectivity index (χ0) is 64.0. The summed E-state index contributed by atoms with van der Waals surface area (Å²) in [6.07, 6.45) is 5.65. The van der Waals surface area contributed by atoms with Crippen LogP contribution in [0.4, 0.5) is 26.7 Å². The Bertz CT molecular complexity index is 3700. The monoisotopic (exact) mass is 1480 g/mol. The van der Waals surface area contributed by atoms with Gasteiger partial charge in [0.15, 0.2) is 27.7 Å². The number of carbonyl (C=O) groups is 4. The number of nitrogens with two attached hydrogens (primary N) is 1. The van der Waals surface area contributed by atoms with Crippen LogP contribution < -0.4 is 78.4 Å². The Hall–Kier alpha value is -3.57. The molecule has 0 atom stereocenters. The normalized spacial score (nSPS) is 10.3. The second-order valence-corrected chi connectivity index (χ2v) is 27.1. The molecule has 0 aliphatic heterocycles. The Morgan fingerprint density at radius 3 is 1.24 bits per heavy atom. The van der Waals surface area contributed by atoms with Crippen molar-refractivity contribution >= 4 is 198 Å². The van der Waals surface area contributed by atoms with Gasteiger partial charge in [-0.25, -0.2) is 36.4 Å². The molecule has 17 nitrogen and oxygen atoms in total. The summed E-state index contributed by atoms with van der Waals surface area (Å²) >= 11 is 56.8. The number of thioether (sulfide) groups is 1. The molecule has 32 heteroatoms. The molecule has 6 aromatic carbocycles. The molecule has 0 aliphatic carbocycles. The van der Waals surface area contributed by atoms with Crippen molar-refractivity contribution in [2.24, 2.45) is 0 Å². The number of halogens is 10. The van der Waals surface area contributed by atoms with Gasteiger partial charge in [-0.2, -0.15) is 0 Å². The Balaban J connectivity index is 0.000000384. The topological polar surface area (TPSA) is 263 Å². The summed E-state index contributed by atoms with van der Waals surface area (Å²) in [6.45, 7) is 3.38. The van der Waals surface area contributed by atoms with Gasteiger partial charge in [-0.1, -0.05) is 141 Å². The van der Waals surface area contributed by atoms with E-state index in [9.17, 15) is 36.0 Å². The van der Waals surface area contributed by atoms with Crippen LogP contribution in [-0.2, 0) is 83.1 Å². The van der Waals surface area contributed by atoms with Gasteiger partial charge in [0, 0.05) is 51.4 Å². The molecule has 0 fully saturated rings. The first-order valence-electron chi connectivity index (χ1n) is 24.0. The van der Waals surface area contributed by atoms with E-state index in [-0.39, 0.29) is 91.4 Å². The molecule has 0 radical (unpaired) electrons. The number of rotatable bonds is 15. The van der Waals surface area contributed by atoms with Gasteiger partial charge in [0.05, 0.1) is 82.9 Å². The van der Waals surface area contributed by atoms with Crippen LogP contribution in [0.25, 0.3) is 0 Å². The molecule has 0 saturated heterocycles. The summed E-state index contributed by atoms with van der Waals surface area (Å²) in [6, 6.07) is 32.8. The number of amides is 4. The first-order valence-corrected chi connectivity index (χ1v) is 33.3. The van der Waals surface area contributed by atoms with Crippen molar-refractivity contribution in [3.05, 3.63) is 226 Å². The average molecular weight is 1490 g/mol. The van der Waals surface area contributed by atoms with Crippen LogP contribution in [0.3, 0.4) is 0 Å². The first kappa shape index (κ1) is 79.5. The van der Waals surface area contributed by atoms with E-state index in [0.29, 0.717) is 104 Å². The molecular weight excluding hydrogens is 1440 g/mol. The van der Waals surface area contributed by atoms with E-state index in [0.717, 1.165) is 11.1 Å². The summed E-state index contributed by atoms with van der Waals surface area (Å²) in [5.74, 6) is 1.72. The van der Waals surface area contributed by atoms with Crippen molar-refractivity contribution < 1.29 is 96.2 Å². The number of oxazole rings is 2. The molecule has 0 saturated carbocycles. The fraction of sp³-hybridized carbons (Fsp3) is 0.164. The Morgan fingerprint density at radius 2 is 0.874 bits per heavy atom. The van der Waals surface area contributed by atoms with Crippen molar-refractivity contribution in [1.82, 2.24) is 20.6 Å². The Labute approximate surface area is 605 Å². The molecule has 0 spiro atoms. The standard InChI is InChI=1S/C19H17Cl2N3O4S.C11H12N4O2.C9H8Cl2OS.C7H5Cl3O2S.C7H5Cl3.C2H4OS.K/c20-17-6-3-14(7-18(17)21)11-29(26,27)10-13-1-4-15(5-2-13)24-19(25)23-9-16-8-22-12-28-16;12-8-1-3-9(4-2-8)15-11(16)14-6-10-5-13-7-17-10;1-6(12)13-5-7-2-3-8(10)9(11)4-7;8-6-2-1-5(3-7(6)9)4-13(10,11)12;8-4-5-1-2-6(9)7(10)3-5;1-2(3)4;/h1-8,12H,9-11H2,(H2,23,24,25);1-5,7H,6,12H2,(H2,14,15,16);2-4H,5H2,1H3;1-3H,4H2;1-3H,4H2;1H3,(H,3,4);/q;;;;;;+1/p-1. The summed E-state index contributed by atoms with van der Waals surface area (Å²) < 4.78 is 56.3. The van der Waals surface area contributed by atoms with Crippen LogP contribution in [0.5, 0.6) is 0 Å². The summed E-state index contributed by atoms with van der Waals surface area (Å²) in [4.78, 5) is 50.8. The van der Waals surface area contributed by atoms with Gasteiger partial charge >= 0.3 is 63.4 Å². The molecule has 460 valence electrons. The number of aromatic nitrogens is 2. The minimum Gasteiger partial charge on any atom is -0.742 e. The zero-order valence-corrected chi connectivity index (χ0v) is 59.7. The molecule has 8 aromatic rings. The summed E-state index contributed by atoms with van der Waals surface area (Å²) in [7, 11) is -1.88. The largest absolute Gasteiger partial charge is 1.00 e. The van der Waals surface area contributed by atoms with E-state index in [1.165, 1.54) is 49.8 Å². The molecule has 4 amide bonds. The van der Waals surface area contributed by atoms with Crippen LogP contribution >= 0.6 is 127 Å². The summed E-state index contributed by atoms with van der Waals surface area (Å²) in [5.41, 5.74) is 11.1. The second-order valence-electron chi connectivity index (χ2n) is 17.0. The number of nitrogen functional groups attached to an aromatic ring is 1. The zero-order valence-electron chi connectivity index (χ0n) is 45.8. The number of hydrogen-bond donors (Lipinski definition) is 5. The number of hydrogen-bond acceptors (Lipinski definition) is 15. The Morgan fingerprint density at radius 1 is 0.529 bits per heavy atom. The van der Waals surface area contributed by atoms with Gasteiger partial charge in [0.2, 0.25) is 9.05 Å². The van der Waals surface area contributed by atoms with Gasteiger partial charge in [-0.3, -0.25) is 4.79 Å². The van der Waals surface area contributed by atoms with Crippen LogP contribution in [0.15, 0.2) is 155 Å². The van der Waals surface area contributed by atoms with Gasteiger partial charge in [-0.05, 0) is 120 Å². The van der Waals surface area contributed by atoms with Crippen molar-refractivity contribution in [3.63, 3.8) is 0 Å². The number of benzene rings is 6. The molecule has 0 bridgehead atoms. The number of nitrogens with one attached hydrogen (secondary N) is 4. The molecule has 87 heavy (non-hydrogen) atoms. The number of carbonyl (C=O) groups excluding carboxylic acids is 4. The smallest absolute Gasteiger partial charge is 0.742 e. The average Bonchev–Trinajstić information content (AvgIpc) is 4.00. The number of urea groups is 2. The van der Waals surface area contributed by atoms with Crippen LogP contribution in [-0.4, -0.2) is 49.1 Å². The van der Waals surface area contributed by atoms with Gasteiger partial charge in [0.1, 0.15) is 11.5 Å². The van der Waals surface area contributed by atoms with Crippen LogP contribution in [0.1, 0.15) is 53.2 Å². The predicted octanol–water partition coefficient (Wildman–Crippen LogP) is 13.6. The molecule has 2 aromatic heterocycles. The fourth-order valence-corrected chi connectivity index (χ4v) is 10.5. The van der Waals surface area contributed by atoms with E-state index in [4.69, 9.17) is 130 Å². The molecule has 6 N–H and O–H groups in total. The number of anilines is 3. The SMILES string of the molecule is CC(=O)SCc1ccc(Cl)c(Cl)c1.CC(=O)[S-].ClCc1ccc(Cl)c(Cl)c1.Nc1ccc(NC(=O)NCc2cnco2)cc1.O=C(NCc1cnco1)Nc1ccc(CS(=O)(=O)Cc2ccc(Cl)c(Cl)c2)cc1.O=S(=O)(Cl)Cc1ccc(Cl)c(Cl)c1.[K+]. The van der Waals surface area contributed by atoms with E-state index >= 15 is 0 Å². The molecule has 0 aliphatic rings. The fourth-order valence-electron chi connectivity index (χ4n) is 6.05. The number of sulfone groups is 1. The third kappa shape index (κ3) is 35.6. The van der Waals surface area contributed by atoms with E-state index in [2.05, 4.69) is 43.9 Å². The predicted molar refractivity (Wildman–Crippen MR) is 352 cm³/mol. The van der Waals surface area contributed by atoms with E-state index in [1.807, 2.05) is 12.1 Å². The van der Waals surface area contributed by atoms with Crippen LogP contribution in [0.2, 0.25) is 40.2 Å². The number of alkyl halides is 1. The maximum atomic E-state index is 12.5. The quantitative estimate of drug-likeness (QED) is 0.0210. The van der Waals surface area contributed by atoms with Crippen molar-refractivity contribution in [3.8, 4) is 0 Å². The molecule has 0 unspecified atom stereocenters. The molecular formula is C55H50Cl10KN7O10S4. The van der Waals surface area contributed by atoms with Crippen molar-refractivity contribution in [2.45, 2.75) is 55.8 Å². The maximum absolute atomic E-state index is 12.5. The summed E-state index contributed by atoms with van der Waals surface area (Å²) in [5, 5.41) is 14.0. The number of nitrogens with zero attached hydrogens (tertiary/aromatic N) is 2. The van der Waals surface area contributed by atoms with Crippen LogP contribution in [0, 0.1) is 0 Å². The minimum absolute atomic E-state index is 0. The first-order chi connectivity index (χ1) is 40.5. The molecule has 2 heterocycles. The van der Waals surface area contributed by atoms with E-state index < -0.39 is 24.9 Å². The van der Waals surface area contributed by atoms with Crippen molar-refractivity contribution in [2.75, 3.05) is 16.4 Å². The van der Waals surface area contributed by atoms with Crippen molar-refractivity contribution in [1.29, 1.82) is 0 Å². The third-order valence-corrected chi connectivity index (χ3v) is 16.5. The van der Waals surface area contributed by atoms with Gasteiger partial charge in [0.25, 0.3) is 0 Å². The Kier molecular flexibility index (Phi) is 38.2. The molecule has 8 rings (SSSR count). The third-order valence-electron chi connectivity index (χ3n) is 9.84. The maximum Gasteiger partial charge on any atom is 1.00 e. The minimum atomic E-state index is -3.54. The van der Waals surface area contributed by atoms with Gasteiger partial charge in [-0.15, -0.1) is 11.6 Å².